The van der Waals surface area contributed by atoms with Crippen molar-refractivity contribution < 1.29 is 22.7 Å². The number of ether oxygens (including phenoxy) is 1. The van der Waals surface area contributed by atoms with Gasteiger partial charge in [0.05, 0.1) is 0 Å². The molecular formula is C49H37OOsP+. The first-order valence-electron chi connectivity index (χ1n) is 17.6. The van der Waals surface area contributed by atoms with E-state index < -0.39 is 7.26 Å². The Labute approximate surface area is 316 Å². The Balaban J connectivity index is 1.41. The first-order chi connectivity index (χ1) is 25.6. The Morgan fingerprint density at radius 2 is 1.12 bits per heavy atom. The predicted octanol–water partition coefficient (Wildman–Crippen LogP) is 10.6. The summed E-state index contributed by atoms with van der Waals surface area (Å²) in [6.45, 7) is 5.33. The van der Waals surface area contributed by atoms with Crippen LogP contribution in [0.3, 0.4) is 0 Å². The van der Waals surface area contributed by atoms with Crippen LogP contribution in [-0.4, -0.2) is 13.2 Å². The van der Waals surface area contributed by atoms with E-state index in [1.54, 1.807) is 17.9 Å². The van der Waals surface area contributed by atoms with E-state index in [9.17, 15) is 0 Å². The predicted molar refractivity (Wildman–Crippen MR) is 220 cm³/mol. The zero-order valence-corrected chi connectivity index (χ0v) is 32.6. The number of allylic oxidation sites excluding steroid dienone is 5. The average Bonchev–Trinajstić information content (AvgIpc) is 3.66. The molecule has 1 fully saturated rings. The van der Waals surface area contributed by atoms with Crippen molar-refractivity contribution in [3.8, 4) is 16.2 Å². The summed E-state index contributed by atoms with van der Waals surface area (Å²) in [6.07, 6.45) is 8.71. The molecule has 0 bridgehead atoms. The van der Waals surface area contributed by atoms with Gasteiger partial charge in [-0.2, -0.15) is 0 Å². The molecule has 251 valence electrons. The molecule has 1 aliphatic heterocycles. The summed E-state index contributed by atoms with van der Waals surface area (Å²) in [5, 5.41) is 12.5. The Morgan fingerprint density at radius 1 is 0.635 bits per heavy atom. The van der Waals surface area contributed by atoms with Crippen LogP contribution in [0.1, 0.15) is 25.0 Å². The van der Waals surface area contributed by atoms with Crippen LogP contribution in [0.4, 0.5) is 0 Å². The van der Waals surface area contributed by atoms with Gasteiger partial charge in [0, 0.05) is 0 Å². The molecule has 1 nitrogen and oxygen atoms in total. The molecule has 8 rings (SSSR count). The third-order valence-electron chi connectivity index (χ3n) is 9.96. The van der Waals surface area contributed by atoms with E-state index in [2.05, 4.69) is 194 Å². The van der Waals surface area contributed by atoms with Crippen LogP contribution in [-0.2, 0) is 22.7 Å². The zero-order valence-electron chi connectivity index (χ0n) is 29.2. The molecule has 0 atom stereocenters. The van der Waals surface area contributed by atoms with E-state index in [-0.39, 0.29) is 0 Å². The van der Waals surface area contributed by atoms with Gasteiger partial charge in [0.2, 0.25) is 0 Å². The first kappa shape index (κ1) is 34.0. The Kier molecular flexibility index (Phi) is 9.73. The second-order valence-corrected chi connectivity index (χ2v) is 17.0. The summed E-state index contributed by atoms with van der Waals surface area (Å²) in [5.74, 6) is 7.45. The fourth-order valence-electron chi connectivity index (χ4n) is 7.64. The summed E-state index contributed by atoms with van der Waals surface area (Å²) in [5.41, 5.74) is 5.57. The van der Waals surface area contributed by atoms with E-state index >= 15 is 0 Å². The van der Waals surface area contributed by atoms with Crippen molar-refractivity contribution in [1.82, 2.24) is 0 Å². The molecule has 0 aromatic heterocycles. The van der Waals surface area contributed by atoms with Gasteiger partial charge in [0.25, 0.3) is 0 Å². The molecule has 0 N–H and O–H groups in total. The molecule has 1 saturated heterocycles. The Bertz CT molecular complexity index is 2500. The number of rotatable bonds is 6. The van der Waals surface area contributed by atoms with Crippen molar-refractivity contribution in [3.63, 3.8) is 0 Å². The molecule has 1 aliphatic rings. The summed E-state index contributed by atoms with van der Waals surface area (Å²) >= 11 is 1.79. The standard InChI is InChI=1S/C49H37OP.Os/c1-4-15-36-28-40-24-26-42-30-37(31-43-27-25-41(29-36)48(40)49(42)43)22-23-39(32-44-34-50-33-38(44)5-2)35(3)51(45-16-9-6-10-17-45,46-18-11-7-12-19-46)47-20-13-8-14-21-47;/h4-21,24-32H,33-34H2,1-2H3;/q+1;/b15-4+,38-5?,39-35?,44-32?;. The quantitative estimate of drug-likeness (QED) is 0.0920. The topological polar surface area (TPSA) is 9.23 Å². The van der Waals surface area contributed by atoms with Crippen LogP contribution in [0.2, 0.25) is 0 Å². The van der Waals surface area contributed by atoms with Gasteiger partial charge in [-0.1, -0.05) is 12.2 Å². The van der Waals surface area contributed by atoms with Crippen LogP contribution in [0.15, 0.2) is 180 Å². The van der Waals surface area contributed by atoms with Crippen molar-refractivity contribution in [3.05, 3.63) is 191 Å². The van der Waals surface area contributed by atoms with Crippen LogP contribution in [0, 0.1) is 16.2 Å². The third kappa shape index (κ3) is 6.12. The molecular weight excluding hydrogens is 826 g/mol. The second-order valence-electron chi connectivity index (χ2n) is 13.0. The number of hydrogen-bond acceptors (Lipinski definition) is 1. The van der Waals surface area contributed by atoms with Gasteiger partial charge in [-0.25, -0.2) is 0 Å². The molecule has 0 unspecified atom stereocenters. The van der Waals surface area contributed by atoms with Gasteiger partial charge in [0.15, 0.2) is 0 Å². The van der Waals surface area contributed by atoms with Crippen LogP contribution >= 0.6 is 7.26 Å². The van der Waals surface area contributed by atoms with Crippen molar-refractivity contribution >= 4 is 61.6 Å². The summed E-state index contributed by atoms with van der Waals surface area (Å²) in [6, 6.07) is 51.0. The molecule has 3 heteroatoms. The third-order valence-corrected chi connectivity index (χ3v) is 15.3. The van der Waals surface area contributed by atoms with Crippen LogP contribution < -0.4 is 15.9 Å². The SMILES string of the molecule is CC=C1COCC1=CC(C#Cc1cc2ccc3cc(/C=C/C)cc4ccc(c1)c2c34)=C([C]#[Os])[P+](c1ccccc1)(c1ccccc1)c1ccccc1. The zero-order chi connectivity index (χ0) is 35.5. The van der Waals surface area contributed by atoms with Gasteiger partial charge in [0.1, 0.15) is 0 Å². The molecule has 0 radical (unpaired) electrons. The second kappa shape index (κ2) is 14.9. The maximum absolute atomic E-state index is 5.99. The number of benzene rings is 7. The van der Waals surface area contributed by atoms with Gasteiger partial charge in [-0.15, -0.1) is 0 Å². The molecule has 0 aliphatic carbocycles. The van der Waals surface area contributed by atoms with Crippen molar-refractivity contribution in [2.45, 2.75) is 13.8 Å². The van der Waals surface area contributed by atoms with Gasteiger partial charge in [-0.05, 0) is 12.5 Å². The molecule has 0 amide bonds. The van der Waals surface area contributed by atoms with E-state index in [4.69, 9.17) is 4.74 Å². The summed E-state index contributed by atoms with van der Waals surface area (Å²) in [4.78, 5) is 0. The molecule has 0 saturated carbocycles. The monoisotopic (exact) mass is 864 g/mol. The number of hydrogen-bond donors (Lipinski definition) is 0. The average molecular weight is 863 g/mol. The molecule has 7 aromatic carbocycles. The Hall–Kier alpha value is -5.09. The fourth-order valence-corrected chi connectivity index (χ4v) is 13.4. The summed E-state index contributed by atoms with van der Waals surface area (Å²) in [7, 11) is -2.46. The van der Waals surface area contributed by atoms with Gasteiger partial charge in [-0.3, -0.25) is 0 Å². The Morgan fingerprint density at radius 3 is 1.58 bits per heavy atom. The summed E-state index contributed by atoms with van der Waals surface area (Å²) < 4.78 is 9.80. The normalized spacial score (nSPS) is 15.4. The van der Waals surface area contributed by atoms with Gasteiger partial charge >= 0.3 is 294 Å². The molecule has 52 heavy (non-hydrogen) atoms. The van der Waals surface area contributed by atoms with Crippen molar-refractivity contribution in [2.24, 2.45) is 0 Å². The minimum atomic E-state index is -2.46. The van der Waals surface area contributed by atoms with Gasteiger partial charge < -0.3 is 0 Å². The first-order valence-corrected chi connectivity index (χ1v) is 20.7. The molecule has 1 heterocycles. The fraction of sp³-hybridized carbons (Fsp3) is 0.0816. The minimum absolute atomic E-state index is 0.563. The van der Waals surface area contributed by atoms with E-state index in [1.807, 2.05) is 0 Å². The molecule has 0 spiro atoms. The maximum atomic E-state index is 5.99. The van der Waals surface area contributed by atoms with Crippen molar-refractivity contribution in [2.75, 3.05) is 13.2 Å². The van der Waals surface area contributed by atoms with Crippen LogP contribution in [0.25, 0.3) is 38.4 Å². The molecule has 7 aromatic rings. The van der Waals surface area contributed by atoms with E-state index in [0.717, 1.165) is 16.5 Å². The van der Waals surface area contributed by atoms with Crippen LogP contribution in [0.5, 0.6) is 0 Å². The van der Waals surface area contributed by atoms with E-state index in [0.29, 0.717) is 13.2 Å². The van der Waals surface area contributed by atoms with Crippen molar-refractivity contribution in [1.29, 1.82) is 0 Å². The van der Waals surface area contributed by atoms with E-state index in [1.165, 1.54) is 64.9 Å².